The summed E-state index contributed by atoms with van der Waals surface area (Å²) < 4.78 is 5.77. The van der Waals surface area contributed by atoms with Gasteiger partial charge in [-0.2, -0.15) is 0 Å². The highest BCUT2D eigenvalue weighted by molar-refractivity contribution is 5.75. The summed E-state index contributed by atoms with van der Waals surface area (Å²) in [6, 6.07) is 0. The summed E-state index contributed by atoms with van der Waals surface area (Å²) in [5.41, 5.74) is -1.23. The number of aliphatic carboxylic acids is 1. The van der Waals surface area contributed by atoms with E-state index < -0.39 is 40.5 Å². The lowest BCUT2D eigenvalue weighted by molar-refractivity contribution is -0.235. The second kappa shape index (κ2) is 6.05. The molecule has 0 aliphatic heterocycles. The largest absolute Gasteiger partial charge is 0.481 e. The lowest BCUT2D eigenvalue weighted by Crippen LogP contribution is -2.66. The number of carboxylic acid groups (broad SMARTS) is 1. The van der Waals surface area contributed by atoms with E-state index in [1.54, 1.807) is 0 Å². The van der Waals surface area contributed by atoms with Gasteiger partial charge in [0.15, 0.2) is 0 Å². The van der Waals surface area contributed by atoms with Crippen molar-refractivity contribution in [3.05, 3.63) is 12.2 Å². The molecule has 156 valence electrons. The molecule has 28 heavy (non-hydrogen) atoms. The van der Waals surface area contributed by atoms with Crippen molar-refractivity contribution in [2.24, 2.45) is 34.0 Å². The molecule has 9 unspecified atom stereocenters. The second-order valence-electron chi connectivity index (χ2n) is 10.2. The monoisotopic (exact) mass is 392 g/mol. The van der Waals surface area contributed by atoms with Crippen molar-refractivity contribution < 1.29 is 29.6 Å². The predicted molar refractivity (Wildman–Crippen MR) is 101 cm³/mol. The molecule has 1 spiro atoms. The minimum absolute atomic E-state index is 0.104. The van der Waals surface area contributed by atoms with Gasteiger partial charge in [-0.3, -0.25) is 9.59 Å². The van der Waals surface area contributed by atoms with Crippen molar-refractivity contribution >= 4 is 11.9 Å². The Balaban J connectivity index is 1.85. The average Bonchev–Trinajstić information content (AvgIpc) is 2.82. The van der Waals surface area contributed by atoms with Crippen LogP contribution in [0.25, 0.3) is 0 Å². The zero-order valence-electron chi connectivity index (χ0n) is 17.0. The van der Waals surface area contributed by atoms with Gasteiger partial charge >= 0.3 is 11.9 Å². The quantitative estimate of drug-likeness (QED) is 0.493. The molecule has 0 aromatic rings. The third kappa shape index (κ3) is 2.28. The number of carbonyl (C=O) groups excluding carboxylic acids is 1. The van der Waals surface area contributed by atoms with Crippen molar-refractivity contribution in [1.29, 1.82) is 0 Å². The van der Waals surface area contributed by atoms with E-state index in [1.807, 2.05) is 13.8 Å². The molecule has 3 N–H and O–H groups in total. The van der Waals surface area contributed by atoms with Crippen molar-refractivity contribution in [2.75, 3.05) is 0 Å². The van der Waals surface area contributed by atoms with Crippen LogP contribution in [0.3, 0.4) is 0 Å². The number of rotatable bonds is 2. The fourth-order valence-electron chi connectivity index (χ4n) is 7.85. The highest BCUT2D eigenvalue weighted by Crippen LogP contribution is 2.72. The lowest BCUT2D eigenvalue weighted by atomic mass is 9.39. The Morgan fingerprint density at radius 1 is 1.14 bits per heavy atom. The topological polar surface area (TPSA) is 104 Å². The Hall–Kier alpha value is -1.40. The molecule has 0 aromatic heterocycles. The van der Waals surface area contributed by atoms with Crippen LogP contribution in [-0.4, -0.2) is 45.6 Å². The van der Waals surface area contributed by atoms with Gasteiger partial charge < -0.3 is 20.1 Å². The number of esters is 1. The van der Waals surface area contributed by atoms with E-state index in [2.05, 4.69) is 6.58 Å². The fourth-order valence-corrected chi connectivity index (χ4v) is 7.85. The molecule has 6 heteroatoms. The molecule has 0 heterocycles. The molecule has 0 radical (unpaired) electrons. The molecule has 0 aromatic carbocycles. The molecule has 4 aliphatic carbocycles. The molecule has 9 atom stereocenters. The maximum atomic E-state index is 12.3. The van der Waals surface area contributed by atoms with Crippen LogP contribution in [0.5, 0.6) is 0 Å². The van der Waals surface area contributed by atoms with Gasteiger partial charge in [0, 0.05) is 23.7 Å². The summed E-state index contributed by atoms with van der Waals surface area (Å²) in [5.74, 6) is -1.59. The number of fused-ring (bicyclic) bond motifs is 3. The van der Waals surface area contributed by atoms with Crippen LogP contribution in [0, 0.1) is 34.0 Å². The summed E-state index contributed by atoms with van der Waals surface area (Å²) in [6.07, 6.45) is 1.78. The van der Waals surface area contributed by atoms with E-state index in [0.717, 1.165) is 6.42 Å². The molecule has 4 aliphatic rings. The maximum Gasteiger partial charge on any atom is 0.309 e. The molecule has 2 bridgehead atoms. The van der Waals surface area contributed by atoms with Crippen molar-refractivity contribution in [3.8, 4) is 0 Å². The summed E-state index contributed by atoms with van der Waals surface area (Å²) in [5, 5.41) is 32.1. The zero-order chi connectivity index (χ0) is 20.6. The summed E-state index contributed by atoms with van der Waals surface area (Å²) in [7, 11) is 0. The average molecular weight is 392 g/mol. The Kier molecular flexibility index (Phi) is 4.30. The zero-order valence-corrected chi connectivity index (χ0v) is 17.0. The van der Waals surface area contributed by atoms with Crippen LogP contribution >= 0.6 is 0 Å². The van der Waals surface area contributed by atoms with Crippen molar-refractivity contribution in [2.45, 2.75) is 77.6 Å². The second-order valence-corrected chi connectivity index (χ2v) is 10.2. The summed E-state index contributed by atoms with van der Waals surface area (Å²) in [4.78, 5) is 24.2. The first-order valence-corrected chi connectivity index (χ1v) is 10.4. The normalized spacial score (nSPS) is 52.5. The molecule has 4 rings (SSSR count). The Labute approximate surface area is 166 Å². The molecule has 0 amide bonds. The summed E-state index contributed by atoms with van der Waals surface area (Å²) >= 11 is 0. The minimum Gasteiger partial charge on any atom is -0.481 e. The lowest BCUT2D eigenvalue weighted by Gasteiger charge is -2.65. The van der Waals surface area contributed by atoms with Gasteiger partial charge in [0.05, 0.1) is 17.6 Å². The van der Waals surface area contributed by atoms with E-state index >= 15 is 0 Å². The highest BCUT2D eigenvalue weighted by Gasteiger charge is 2.71. The van der Waals surface area contributed by atoms with Gasteiger partial charge in [-0.25, -0.2) is 0 Å². The maximum absolute atomic E-state index is 12.3. The molecular weight excluding hydrogens is 360 g/mol. The van der Waals surface area contributed by atoms with Crippen molar-refractivity contribution in [1.82, 2.24) is 0 Å². The standard InChI is InChI=1S/C22H32O6/c1-11-13-10-22(18(11)25)8-5-15-20(3,19(26)27)7-6-17(28-12(2)23)21(15,4)16(22)9-14(13)24/h13-18,24-25H,1,5-10H2,2-4H3,(H,26,27). The van der Waals surface area contributed by atoms with Gasteiger partial charge in [0.25, 0.3) is 0 Å². The Morgan fingerprint density at radius 2 is 1.82 bits per heavy atom. The molecular formula is C22H32O6. The molecule has 6 nitrogen and oxygen atoms in total. The minimum atomic E-state index is -0.907. The number of carbonyl (C=O) groups is 2. The smallest absolute Gasteiger partial charge is 0.309 e. The van der Waals surface area contributed by atoms with E-state index in [-0.39, 0.29) is 23.7 Å². The first-order chi connectivity index (χ1) is 13.0. The summed E-state index contributed by atoms with van der Waals surface area (Å²) in [6.45, 7) is 9.32. The predicted octanol–water partition coefficient (Wildman–Crippen LogP) is 2.52. The van der Waals surface area contributed by atoms with E-state index in [1.165, 1.54) is 6.92 Å². The third-order valence-corrected chi connectivity index (χ3v) is 9.19. The number of ether oxygens (including phenoxy) is 1. The number of aliphatic hydroxyl groups excluding tert-OH is 2. The fraction of sp³-hybridized carbons (Fsp3) is 0.818. The first-order valence-electron chi connectivity index (χ1n) is 10.4. The van der Waals surface area contributed by atoms with Gasteiger partial charge in [-0.05, 0) is 62.9 Å². The Bertz CT molecular complexity index is 733. The van der Waals surface area contributed by atoms with Crippen molar-refractivity contribution in [3.63, 3.8) is 0 Å². The van der Waals surface area contributed by atoms with E-state index in [0.29, 0.717) is 37.7 Å². The van der Waals surface area contributed by atoms with Crippen LogP contribution in [0.15, 0.2) is 12.2 Å². The van der Waals surface area contributed by atoms with Crippen LogP contribution in [0.1, 0.15) is 59.3 Å². The van der Waals surface area contributed by atoms with Crippen LogP contribution < -0.4 is 0 Å². The number of hydrogen-bond acceptors (Lipinski definition) is 5. The van der Waals surface area contributed by atoms with Crippen LogP contribution in [0.2, 0.25) is 0 Å². The molecule has 4 fully saturated rings. The van der Waals surface area contributed by atoms with Gasteiger partial charge in [-0.1, -0.05) is 13.5 Å². The van der Waals surface area contributed by atoms with Gasteiger partial charge in [-0.15, -0.1) is 0 Å². The van der Waals surface area contributed by atoms with E-state index in [4.69, 9.17) is 4.74 Å². The number of aliphatic hydroxyl groups is 2. The van der Waals surface area contributed by atoms with E-state index in [9.17, 15) is 24.9 Å². The van der Waals surface area contributed by atoms with Gasteiger partial charge in [0.1, 0.15) is 6.10 Å². The highest BCUT2D eigenvalue weighted by atomic mass is 16.5. The first kappa shape index (κ1) is 19.9. The third-order valence-electron chi connectivity index (χ3n) is 9.19. The van der Waals surface area contributed by atoms with Crippen LogP contribution in [0.4, 0.5) is 0 Å². The Morgan fingerprint density at radius 3 is 2.43 bits per heavy atom. The number of hydrogen-bond donors (Lipinski definition) is 3. The van der Waals surface area contributed by atoms with Crippen LogP contribution in [-0.2, 0) is 14.3 Å². The molecule has 0 saturated heterocycles. The SMILES string of the molecule is C=C1C2CC3(CCC4C(C)(C(=O)O)CCC(OC(C)=O)C4(C)C3CC2O)C1O. The van der Waals surface area contributed by atoms with Gasteiger partial charge in [0.2, 0.25) is 0 Å². The number of carboxylic acids is 1. The molecule has 4 saturated carbocycles.